The molecule has 2 aliphatic heterocycles. The molecule has 0 bridgehead atoms. The molecular formula is C32H33N3O6. The Labute approximate surface area is 239 Å². The second-order valence-electron chi connectivity index (χ2n) is 10.3. The second kappa shape index (κ2) is 12.2. The fourth-order valence-corrected chi connectivity index (χ4v) is 5.50. The molecule has 9 nitrogen and oxygen atoms in total. The summed E-state index contributed by atoms with van der Waals surface area (Å²) in [5.74, 6) is -0.104. The van der Waals surface area contributed by atoms with Crippen LogP contribution in [0.1, 0.15) is 49.5 Å². The van der Waals surface area contributed by atoms with Crippen molar-refractivity contribution in [2.24, 2.45) is 5.92 Å². The normalized spacial score (nSPS) is 15.9. The minimum atomic E-state index is -0.939. The zero-order valence-corrected chi connectivity index (χ0v) is 23.2. The van der Waals surface area contributed by atoms with Crippen LogP contribution in [0.2, 0.25) is 0 Å². The van der Waals surface area contributed by atoms with Crippen LogP contribution in [0.15, 0.2) is 72.8 Å². The average molecular weight is 556 g/mol. The maximum absolute atomic E-state index is 13.9. The minimum absolute atomic E-state index is 0.190. The molecule has 0 spiro atoms. The molecule has 1 saturated heterocycles. The number of benzene rings is 3. The highest BCUT2D eigenvalue weighted by molar-refractivity contribution is 6.22. The van der Waals surface area contributed by atoms with Crippen LogP contribution in [0, 0.1) is 5.92 Å². The van der Waals surface area contributed by atoms with Crippen LogP contribution in [-0.2, 0) is 11.2 Å². The third-order valence-electron chi connectivity index (χ3n) is 7.82. The van der Waals surface area contributed by atoms with E-state index in [4.69, 9.17) is 9.47 Å². The maximum atomic E-state index is 13.9. The van der Waals surface area contributed by atoms with Gasteiger partial charge in [0.25, 0.3) is 17.7 Å². The lowest BCUT2D eigenvalue weighted by Crippen LogP contribution is -2.54. The Balaban J connectivity index is 1.23. The van der Waals surface area contributed by atoms with Gasteiger partial charge in [-0.15, -0.1) is 0 Å². The van der Waals surface area contributed by atoms with Crippen LogP contribution in [0.5, 0.6) is 11.5 Å². The van der Waals surface area contributed by atoms with Crippen molar-refractivity contribution in [3.8, 4) is 11.5 Å². The van der Waals surface area contributed by atoms with Gasteiger partial charge in [0.15, 0.2) is 11.5 Å². The monoisotopic (exact) mass is 555 g/mol. The maximum Gasteiger partial charge on any atom is 0.262 e. The highest BCUT2D eigenvalue weighted by Gasteiger charge is 2.44. The van der Waals surface area contributed by atoms with Gasteiger partial charge in [0, 0.05) is 31.6 Å². The SMILES string of the molecule is COc1ccc(C(=O)NCC2CCN(C(=O)C(Cc3ccccc3)N3C(=O)c4ccccc4C3=O)CC2)cc1OC. The molecule has 0 aliphatic carbocycles. The lowest BCUT2D eigenvalue weighted by Gasteiger charge is -2.36. The summed E-state index contributed by atoms with van der Waals surface area (Å²) in [6.07, 6.45) is 1.63. The molecule has 3 aromatic rings. The average Bonchev–Trinajstić information content (AvgIpc) is 3.27. The lowest BCUT2D eigenvalue weighted by atomic mass is 9.95. The number of amides is 4. The number of imide groups is 1. The number of ether oxygens (including phenoxy) is 2. The molecule has 2 heterocycles. The number of methoxy groups -OCH3 is 2. The van der Waals surface area contributed by atoms with Crippen molar-refractivity contribution in [1.29, 1.82) is 0 Å². The second-order valence-corrected chi connectivity index (χ2v) is 10.3. The summed E-state index contributed by atoms with van der Waals surface area (Å²) < 4.78 is 10.5. The van der Waals surface area contributed by atoms with E-state index in [0.717, 1.165) is 10.5 Å². The van der Waals surface area contributed by atoms with Gasteiger partial charge in [-0.3, -0.25) is 24.1 Å². The Kier molecular flexibility index (Phi) is 8.33. The van der Waals surface area contributed by atoms with E-state index in [2.05, 4.69) is 5.32 Å². The molecule has 1 unspecified atom stereocenters. The van der Waals surface area contributed by atoms with Crippen molar-refractivity contribution in [3.63, 3.8) is 0 Å². The Morgan fingerprint density at radius 2 is 1.46 bits per heavy atom. The summed E-state index contributed by atoms with van der Waals surface area (Å²) in [4.78, 5) is 56.1. The van der Waals surface area contributed by atoms with Crippen molar-refractivity contribution >= 4 is 23.6 Å². The Morgan fingerprint density at radius 1 is 0.854 bits per heavy atom. The molecule has 1 atom stereocenters. The van der Waals surface area contributed by atoms with E-state index in [0.29, 0.717) is 60.7 Å². The topological polar surface area (TPSA) is 105 Å². The van der Waals surface area contributed by atoms with Crippen LogP contribution in [0.4, 0.5) is 0 Å². The number of piperidine rings is 1. The third kappa shape index (κ3) is 5.79. The molecule has 212 valence electrons. The highest BCUT2D eigenvalue weighted by Crippen LogP contribution is 2.29. The molecule has 5 rings (SSSR count). The molecule has 4 amide bonds. The first-order chi connectivity index (χ1) is 19.9. The first-order valence-electron chi connectivity index (χ1n) is 13.7. The first-order valence-corrected chi connectivity index (χ1v) is 13.7. The van der Waals surface area contributed by atoms with E-state index >= 15 is 0 Å². The van der Waals surface area contributed by atoms with Crippen molar-refractivity contribution in [2.45, 2.75) is 25.3 Å². The lowest BCUT2D eigenvalue weighted by molar-refractivity contribution is -0.136. The van der Waals surface area contributed by atoms with Gasteiger partial charge in [0.05, 0.1) is 25.3 Å². The first kappa shape index (κ1) is 27.9. The van der Waals surface area contributed by atoms with Crippen LogP contribution >= 0.6 is 0 Å². The number of likely N-dealkylation sites (tertiary alicyclic amines) is 1. The summed E-state index contributed by atoms with van der Waals surface area (Å²) in [5.41, 5.74) is 2.00. The Morgan fingerprint density at radius 3 is 2.07 bits per heavy atom. The van der Waals surface area contributed by atoms with Gasteiger partial charge < -0.3 is 19.7 Å². The standard InChI is InChI=1S/C32H33N3O6/c1-40-27-13-12-23(19-28(27)41-2)29(36)33-20-22-14-16-34(17-15-22)32(39)26(18-21-8-4-3-5-9-21)35-30(37)24-10-6-7-11-25(24)31(35)38/h3-13,19,22,26H,14-18,20H2,1-2H3,(H,33,36). The third-order valence-corrected chi connectivity index (χ3v) is 7.82. The molecule has 0 radical (unpaired) electrons. The van der Waals surface area contributed by atoms with E-state index in [9.17, 15) is 19.2 Å². The van der Waals surface area contributed by atoms with Crippen LogP contribution in [0.25, 0.3) is 0 Å². The molecule has 0 saturated carbocycles. The Hall–Kier alpha value is -4.66. The van der Waals surface area contributed by atoms with Crippen LogP contribution in [-0.4, -0.2) is 73.3 Å². The predicted molar refractivity (Wildman–Crippen MR) is 152 cm³/mol. The molecule has 1 fully saturated rings. The molecule has 3 aromatic carbocycles. The zero-order valence-electron chi connectivity index (χ0n) is 23.2. The molecule has 41 heavy (non-hydrogen) atoms. The summed E-state index contributed by atoms with van der Waals surface area (Å²) in [7, 11) is 3.06. The van der Waals surface area contributed by atoms with Gasteiger partial charge in [0.2, 0.25) is 5.91 Å². The van der Waals surface area contributed by atoms with Crippen LogP contribution in [0.3, 0.4) is 0 Å². The van der Waals surface area contributed by atoms with Crippen molar-refractivity contribution in [1.82, 2.24) is 15.1 Å². The van der Waals surface area contributed by atoms with E-state index in [-0.39, 0.29) is 24.2 Å². The van der Waals surface area contributed by atoms with Gasteiger partial charge in [-0.1, -0.05) is 42.5 Å². The van der Waals surface area contributed by atoms with E-state index in [1.54, 1.807) is 54.5 Å². The van der Waals surface area contributed by atoms with Crippen molar-refractivity contribution < 1.29 is 28.7 Å². The van der Waals surface area contributed by atoms with Gasteiger partial charge in [0.1, 0.15) is 6.04 Å². The fraction of sp³-hybridized carbons (Fsp3) is 0.312. The minimum Gasteiger partial charge on any atom is -0.493 e. The molecular weight excluding hydrogens is 522 g/mol. The summed E-state index contributed by atoms with van der Waals surface area (Å²) >= 11 is 0. The van der Waals surface area contributed by atoms with Gasteiger partial charge in [-0.05, 0) is 54.7 Å². The van der Waals surface area contributed by atoms with E-state index in [1.165, 1.54) is 7.11 Å². The quantitative estimate of drug-likeness (QED) is 0.405. The fourth-order valence-electron chi connectivity index (χ4n) is 5.50. The molecule has 9 heteroatoms. The van der Waals surface area contributed by atoms with Crippen molar-refractivity contribution in [3.05, 3.63) is 95.1 Å². The van der Waals surface area contributed by atoms with Gasteiger partial charge >= 0.3 is 0 Å². The summed E-state index contributed by atoms with van der Waals surface area (Å²) in [6, 6.07) is 20.2. The summed E-state index contributed by atoms with van der Waals surface area (Å²) in [6.45, 7) is 1.43. The molecule has 0 aromatic heterocycles. The number of nitrogens with zero attached hydrogens (tertiary/aromatic N) is 2. The van der Waals surface area contributed by atoms with Gasteiger partial charge in [-0.2, -0.15) is 0 Å². The van der Waals surface area contributed by atoms with Gasteiger partial charge in [-0.25, -0.2) is 0 Å². The number of rotatable bonds is 9. The highest BCUT2D eigenvalue weighted by atomic mass is 16.5. The number of hydrogen-bond acceptors (Lipinski definition) is 6. The zero-order chi connectivity index (χ0) is 28.9. The molecule has 1 N–H and O–H groups in total. The predicted octanol–water partition coefficient (Wildman–Crippen LogP) is 3.58. The Bertz CT molecular complexity index is 1410. The molecule has 2 aliphatic rings. The van der Waals surface area contributed by atoms with Crippen molar-refractivity contribution in [2.75, 3.05) is 33.9 Å². The number of fused-ring (bicyclic) bond motifs is 1. The smallest absolute Gasteiger partial charge is 0.262 e. The van der Waals surface area contributed by atoms with E-state index < -0.39 is 17.9 Å². The number of hydrogen-bond donors (Lipinski definition) is 1. The number of nitrogens with one attached hydrogen (secondary N) is 1. The largest absolute Gasteiger partial charge is 0.493 e. The van der Waals surface area contributed by atoms with Crippen LogP contribution < -0.4 is 14.8 Å². The number of carbonyl (C=O) groups excluding carboxylic acids is 4. The summed E-state index contributed by atoms with van der Waals surface area (Å²) in [5, 5.41) is 2.99. The number of carbonyl (C=O) groups is 4. The van der Waals surface area contributed by atoms with E-state index in [1.807, 2.05) is 30.3 Å².